The number of ether oxygens (including phenoxy) is 2. The van der Waals surface area contributed by atoms with Crippen molar-refractivity contribution in [1.82, 2.24) is 0 Å². The predicted molar refractivity (Wildman–Crippen MR) is 73.0 cm³/mol. The van der Waals surface area contributed by atoms with E-state index in [9.17, 15) is 22.8 Å². The van der Waals surface area contributed by atoms with E-state index in [4.69, 9.17) is 4.74 Å². The van der Waals surface area contributed by atoms with Crippen molar-refractivity contribution in [2.75, 3.05) is 6.61 Å². The zero-order valence-electron chi connectivity index (χ0n) is 13.0. The Hall–Kier alpha value is -1.27. The summed E-state index contributed by atoms with van der Waals surface area (Å²) in [6.45, 7) is 1.96. The first-order chi connectivity index (χ1) is 10.2. The highest BCUT2D eigenvalue weighted by Crippen LogP contribution is 2.36. The number of hydrogen-bond donors (Lipinski definition) is 0. The van der Waals surface area contributed by atoms with E-state index < -0.39 is 30.3 Å². The third kappa shape index (κ3) is 6.23. The summed E-state index contributed by atoms with van der Waals surface area (Å²) in [5.41, 5.74) is -1.01. The number of esters is 2. The van der Waals surface area contributed by atoms with E-state index in [2.05, 4.69) is 4.74 Å². The number of carbonyl (C=O) groups excluding carboxylic acids is 2. The molecule has 0 amide bonds. The van der Waals surface area contributed by atoms with Gasteiger partial charge in [0.2, 0.25) is 0 Å². The quantitative estimate of drug-likeness (QED) is 0.698. The van der Waals surface area contributed by atoms with Crippen molar-refractivity contribution in [2.24, 2.45) is 5.92 Å². The number of hydrogen-bond acceptors (Lipinski definition) is 4. The summed E-state index contributed by atoms with van der Waals surface area (Å²) in [5, 5.41) is 0. The van der Waals surface area contributed by atoms with E-state index in [1.807, 2.05) is 6.92 Å². The average Bonchev–Trinajstić information content (AvgIpc) is 2.44. The maximum Gasteiger partial charge on any atom is 0.422 e. The van der Waals surface area contributed by atoms with Crippen LogP contribution in [-0.2, 0) is 19.1 Å². The molecule has 1 saturated carbocycles. The zero-order valence-corrected chi connectivity index (χ0v) is 13.0. The fourth-order valence-electron chi connectivity index (χ4n) is 2.47. The molecule has 1 fully saturated rings. The van der Waals surface area contributed by atoms with E-state index >= 15 is 0 Å². The van der Waals surface area contributed by atoms with E-state index in [0.717, 1.165) is 19.3 Å². The van der Waals surface area contributed by atoms with Gasteiger partial charge in [-0.3, -0.25) is 9.59 Å². The standard InChI is InChI=1S/C15H23F3O4/c1-3-11(2)13(20)22-14(7-5-4-6-8-14)9-12(19)21-10-15(16,17)18/h11H,3-10H2,1-2H3. The Morgan fingerprint density at radius 1 is 1.18 bits per heavy atom. The zero-order chi connectivity index (χ0) is 16.8. The van der Waals surface area contributed by atoms with Gasteiger partial charge < -0.3 is 9.47 Å². The van der Waals surface area contributed by atoms with Gasteiger partial charge in [0, 0.05) is 0 Å². The Bertz CT molecular complexity index is 387. The van der Waals surface area contributed by atoms with Gasteiger partial charge in [-0.15, -0.1) is 0 Å². The molecule has 0 radical (unpaired) electrons. The minimum Gasteiger partial charge on any atom is -0.458 e. The molecule has 0 bridgehead atoms. The summed E-state index contributed by atoms with van der Waals surface area (Å²) < 4.78 is 46.0. The predicted octanol–water partition coefficient (Wildman–Crippen LogP) is 3.77. The minimum atomic E-state index is -4.55. The van der Waals surface area contributed by atoms with Crippen LogP contribution in [0.2, 0.25) is 0 Å². The second-order valence-electron chi connectivity index (χ2n) is 5.93. The molecule has 1 aliphatic rings. The molecule has 1 rings (SSSR count). The lowest BCUT2D eigenvalue weighted by Crippen LogP contribution is -2.41. The van der Waals surface area contributed by atoms with Crippen LogP contribution in [0.4, 0.5) is 13.2 Å². The number of carbonyl (C=O) groups is 2. The van der Waals surface area contributed by atoms with Crippen LogP contribution in [0.15, 0.2) is 0 Å². The highest BCUT2D eigenvalue weighted by atomic mass is 19.4. The van der Waals surface area contributed by atoms with Crippen molar-refractivity contribution < 1.29 is 32.2 Å². The molecule has 1 atom stereocenters. The van der Waals surface area contributed by atoms with Gasteiger partial charge in [0.15, 0.2) is 6.61 Å². The molecule has 0 aliphatic heterocycles. The molecule has 0 N–H and O–H groups in total. The number of alkyl halides is 3. The third-order valence-corrected chi connectivity index (χ3v) is 3.96. The maximum atomic E-state index is 12.1. The molecule has 0 heterocycles. The molecule has 7 heteroatoms. The second-order valence-corrected chi connectivity index (χ2v) is 5.93. The van der Waals surface area contributed by atoms with Gasteiger partial charge in [-0.1, -0.05) is 20.3 Å². The molecule has 1 unspecified atom stereocenters. The van der Waals surface area contributed by atoms with Crippen molar-refractivity contribution >= 4 is 11.9 Å². The molecule has 0 aromatic carbocycles. The van der Waals surface area contributed by atoms with Gasteiger partial charge in [0.1, 0.15) is 5.60 Å². The molecule has 22 heavy (non-hydrogen) atoms. The molecule has 0 saturated heterocycles. The fraction of sp³-hybridized carbons (Fsp3) is 0.867. The van der Waals surface area contributed by atoms with E-state index in [1.54, 1.807) is 6.92 Å². The van der Waals surface area contributed by atoms with Crippen LogP contribution in [0.5, 0.6) is 0 Å². The smallest absolute Gasteiger partial charge is 0.422 e. The first-order valence-electron chi connectivity index (χ1n) is 7.63. The lowest BCUT2D eigenvalue weighted by atomic mass is 9.82. The fourth-order valence-corrected chi connectivity index (χ4v) is 2.47. The van der Waals surface area contributed by atoms with Gasteiger partial charge >= 0.3 is 18.1 Å². The minimum absolute atomic E-state index is 0.301. The first kappa shape index (κ1) is 18.8. The monoisotopic (exact) mass is 324 g/mol. The topological polar surface area (TPSA) is 52.6 Å². The first-order valence-corrected chi connectivity index (χ1v) is 7.63. The largest absolute Gasteiger partial charge is 0.458 e. The molecule has 0 aromatic heterocycles. The normalized spacial score (nSPS) is 19.3. The summed E-state index contributed by atoms with van der Waals surface area (Å²) in [4.78, 5) is 23.7. The van der Waals surface area contributed by atoms with Crippen LogP contribution in [0.1, 0.15) is 58.8 Å². The molecule has 0 spiro atoms. The summed E-state index contributed by atoms with van der Waals surface area (Å²) in [5.74, 6) is -1.69. The van der Waals surface area contributed by atoms with Gasteiger partial charge in [-0.25, -0.2) is 0 Å². The van der Waals surface area contributed by atoms with Crippen molar-refractivity contribution in [1.29, 1.82) is 0 Å². The lowest BCUT2D eigenvalue weighted by molar-refractivity contribution is -0.193. The van der Waals surface area contributed by atoms with Crippen LogP contribution in [0, 0.1) is 5.92 Å². The second kappa shape index (κ2) is 7.83. The van der Waals surface area contributed by atoms with Crippen LogP contribution < -0.4 is 0 Å². The van der Waals surface area contributed by atoms with Crippen molar-refractivity contribution in [3.05, 3.63) is 0 Å². The molecule has 1 aliphatic carbocycles. The van der Waals surface area contributed by atoms with Crippen molar-refractivity contribution in [2.45, 2.75) is 70.6 Å². The molecule has 4 nitrogen and oxygen atoms in total. The summed E-state index contributed by atoms with van der Waals surface area (Å²) >= 11 is 0. The van der Waals surface area contributed by atoms with Crippen LogP contribution in [0.3, 0.4) is 0 Å². The number of rotatable bonds is 6. The van der Waals surface area contributed by atoms with Gasteiger partial charge in [0.05, 0.1) is 12.3 Å². The average molecular weight is 324 g/mol. The SMILES string of the molecule is CCC(C)C(=O)OC1(CC(=O)OCC(F)(F)F)CCCCC1. The Morgan fingerprint density at radius 2 is 1.77 bits per heavy atom. The number of halogens is 3. The van der Waals surface area contributed by atoms with Gasteiger partial charge in [-0.05, 0) is 32.1 Å². The van der Waals surface area contributed by atoms with Crippen LogP contribution >= 0.6 is 0 Å². The highest BCUT2D eigenvalue weighted by molar-refractivity contribution is 5.75. The maximum absolute atomic E-state index is 12.1. The van der Waals surface area contributed by atoms with Crippen LogP contribution in [-0.4, -0.2) is 30.3 Å². The van der Waals surface area contributed by atoms with Crippen molar-refractivity contribution in [3.63, 3.8) is 0 Å². The molecule has 0 aromatic rings. The Morgan fingerprint density at radius 3 is 2.27 bits per heavy atom. The summed E-state index contributed by atoms with van der Waals surface area (Å²) in [6.07, 6.45) is -0.783. The third-order valence-electron chi connectivity index (χ3n) is 3.96. The highest BCUT2D eigenvalue weighted by Gasteiger charge is 2.40. The summed E-state index contributed by atoms with van der Waals surface area (Å²) in [6, 6.07) is 0. The van der Waals surface area contributed by atoms with Crippen molar-refractivity contribution in [3.8, 4) is 0 Å². The Balaban J connectivity index is 2.67. The van der Waals surface area contributed by atoms with Gasteiger partial charge in [-0.2, -0.15) is 13.2 Å². The Kier molecular flexibility index (Phi) is 6.68. The Labute approximate surface area is 128 Å². The molecular formula is C15H23F3O4. The van der Waals surface area contributed by atoms with E-state index in [0.29, 0.717) is 19.3 Å². The van der Waals surface area contributed by atoms with E-state index in [-0.39, 0.29) is 12.3 Å². The van der Waals surface area contributed by atoms with E-state index in [1.165, 1.54) is 0 Å². The summed E-state index contributed by atoms with van der Waals surface area (Å²) in [7, 11) is 0. The lowest BCUT2D eigenvalue weighted by Gasteiger charge is -2.36. The van der Waals surface area contributed by atoms with Crippen LogP contribution in [0.25, 0.3) is 0 Å². The molecule has 128 valence electrons. The van der Waals surface area contributed by atoms with Gasteiger partial charge in [0.25, 0.3) is 0 Å². The molecular weight excluding hydrogens is 301 g/mol.